The number of ether oxygens (including phenoxy) is 1. The summed E-state index contributed by atoms with van der Waals surface area (Å²) in [6.45, 7) is 12.5. The molecule has 2 aliphatic rings. The number of rotatable bonds is 6. The number of aromatic nitrogens is 2. The van der Waals surface area contributed by atoms with Crippen molar-refractivity contribution < 1.29 is 9.53 Å². The molecule has 0 bridgehead atoms. The van der Waals surface area contributed by atoms with Crippen LogP contribution >= 0.6 is 11.6 Å². The van der Waals surface area contributed by atoms with Crippen LogP contribution in [0.15, 0.2) is 30.6 Å². The molecule has 1 aromatic carbocycles. The van der Waals surface area contributed by atoms with E-state index in [1.165, 1.54) is 0 Å². The first kappa shape index (κ1) is 24.3. The van der Waals surface area contributed by atoms with E-state index in [9.17, 15) is 4.79 Å². The molecule has 1 aliphatic carbocycles. The average molecular weight is 482 g/mol. The van der Waals surface area contributed by atoms with Gasteiger partial charge in [-0.05, 0) is 24.5 Å². The van der Waals surface area contributed by atoms with Gasteiger partial charge in [0.25, 0.3) is 5.91 Å². The highest BCUT2D eigenvalue weighted by atomic mass is 35.5. The highest BCUT2D eigenvalue weighted by Crippen LogP contribution is 2.55. The quantitative estimate of drug-likeness (QED) is 0.634. The molecule has 180 valence electrons. The number of hydrogen-bond acceptors (Lipinski definition) is 6. The molecular formula is C26H32ClN5O2. The van der Waals surface area contributed by atoms with E-state index in [1.807, 2.05) is 0 Å². The van der Waals surface area contributed by atoms with Crippen molar-refractivity contribution in [2.75, 3.05) is 18.0 Å². The van der Waals surface area contributed by atoms with Crippen molar-refractivity contribution in [3.8, 4) is 11.8 Å². The first-order chi connectivity index (χ1) is 16.1. The second-order valence-corrected chi connectivity index (χ2v) is 11.0. The minimum absolute atomic E-state index is 0.116. The largest absolute Gasteiger partial charge is 0.489 e. The van der Waals surface area contributed by atoms with Gasteiger partial charge in [0.1, 0.15) is 17.9 Å². The summed E-state index contributed by atoms with van der Waals surface area (Å²) in [6, 6.07) is 7.02. The third kappa shape index (κ3) is 4.32. The van der Waals surface area contributed by atoms with E-state index in [1.54, 1.807) is 30.6 Å². The maximum atomic E-state index is 13.0. The number of nitrogens with zero attached hydrogens (tertiary/aromatic N) is 4. The van der Waals surface area contributed by atoms with Crippen LogP contribution in [-0.4, -0.2) is 41.1 Å². The van der Waals surface area contributed by atoms with Crippen LogP contribution in [0.5, 0.6) is 5.75 Å². The zero-order chi connectivity index (χ0) is 24.7. The molecule has 7 nitrogen and oxygen atoms in total. The number of carbonyl (C=O) groups is 1. The van der Waals surface area contributed by atoms with E-state index in [-0.39, 0.29) is 28.9 Å². The monoisotopic (exact) mass is 481 g/mol. The van der Waals surface area contributed by atoms with Gasteiger partial charge in [-0.1, -0.05) is 52.6 Å². The molecule has 2 fully saturated rings. The lowest BCUT2D eigenvalue weighted by atomic mass is 9.49. The Kier molecular flexibility index (Phi) is 6.48. The van der Waals surface area contributed by atoms with Gasteiger partial charge in [0, 0.05) is 48.4 Å². The van der Waals surface area contributed by atoms with Crippen LogP contribution < -0.4 is 15.0 Å². The SMILES string of the molecule is CCC1CCN(c2ncc(C(=O)NC3C(C)(C)C(Oc4ccc(C#N)c(Cl)c4)C3(C)C)cn2)C1. The molecule has 34 heavy (non-hydrogen) atoms. The van der Waals surface area contributed by atoms with Crippen molar-refractivity contribution in [3.63, 3.8) is 0 Å². The van der Waals surface area contributed by atoms with Gasteiger partial charge in [0.15, 0.2) is 0 Å². The lowest BCUT2D eigenvalue weighted by molar-refractivity contribution is -0.164. The molecule has 2 aromatic rings. The molecule has 2 heterocycles. The molecular weight excluding hydrogens is 450 g/mol. The van der Waals surface area contributed by atoms with Crippen molar-refractivity contribution in [1.82, 2.24) is 15.3 Å². The van der Waals surface area contributed by atoms with Gasteiger partial charge in [-0.2, -0.15) is 5.26 Å². The van der Waals surface area contributed by atoms with E-state index >= 15 is 0 Å². The summed E-state index contributed by atoms with van der Waals surface area (Å²) in [4.78, 5) is 24.1. The van der Waals surface area contributed by atoms with Crippen molar-refractivity contribution in [1.29, 1.82) is 5.26 Å². The van der Waals surface area contributed by atoms with Gasteiger partial charge in [-0.3, -0.25) is 4.79 Å². The van der Waals surface area contributed by atoms with E-state index < -0.39 is 0 Å². The standard InChI is InChI=1S/C26H32ClN5O2/c1-6-16-9-10-32(15-16)24-29-13-18(14-30-24)21(33)31-22-25(2,3)23(26(22,4)5)34-19-8-7-17(12-28)20(27)11-19/h7-8,11,13-14,16,22-23H,6,9-10,15H2,1-5H3,(H,31,33). The normalized spacial score (nSPS) is 24.7. The van der Waals surface area contributed by atoms with Crippen molar-refractivity contribution >= 4 is 23.5 Å². The summed E-state index contributed by atoms with van der Waals surface area (Å²) in [7, 11) is 0. The zero-order valence-corrected chi connectivity index (χ0v) is 21.2. The lowest BCUT2D eigenvalue weighted by Crippen LogP contribution is -2.74. The molecule has 0 radical (unpaired) electrons. The topological polar surface area (TPSA) is 91.1 Å². The van der Waals surface area contributed by atoms with Gasteiger partial charge in [0.2, 0.25) is 5.95 Å². The second-order valence-electron chi connectivity index (χ2n) is 10.6. The maximum Gasteiger partial charge on any atom is 0.254 e. The zero-order valence-electron chi connectivity index (χ0n) is 20.4. The second kappa shape index (κ2) is 9.07. The Labute approximate surface area is 206 Å². The molecule has 1 unspecified atom stereocenters. The first-order valence-electron chi connectivity index (χ1n) is 11.8. The number of anilines is 1. The number of benzene rings is 1. The molecule has 4 rings (SSSR count). The smallest absolute Gasteiger partial charge is 0.254 e. The van der Waals surface area contributed by atoms with Crippen molar-refractivity contribution in [3.05, 3.63) is 46.7 Å². The molecule has 1 atom stereocenters. The van der Waals surface area contributed by atoms with Crippen LogP contribution in [0.25, 0.3) is 0 Å². The first-order valence-corrected chi connectivity index (χ1v) is 12.2. The summed E-state index contributed by atoms with van der Waals surface area (Å²) in [5.74, 6) is 1.79. The lowest BCUT2D eigenvalue weighted by Gasteiger charge is -2.63. The summed E-state index contributed by atoms with van der Waals surface area (Å²) < 4.78 is 6.29. The highest BCUT2D eigenvalue weighted by Gasteiger charge is 2.64. The maximum absolute atomic E-state index is 13.0. The fourth-order valence-corrected chi connectivity index (χ4v) is 5.97. The van der Waals surface area contributed by atoms with Gasteiger partial charge in [-0.25, -0.2) is 9.97 Å². The third-order valence-corrected chi connectivity index (χ3v) is 7.79. The minimum Gasteiger partial charge on any atom is -0.489 e. The number of hydrogen-bond donors (Lipinski definition) is 1. The van der Waals surface area contributed by atoms with Gasteiger partial charge in [0.05, 0.1) is 16.1 Å². The highest BCUT2D eigenvalue weighted by molar-refractivity contribution is 6.31. The van der Waals surface area contributed by atoms with Crippen LogP contribution in [-0.2, 0) is 0 Å². The fraction of sp³-hybridized carbons (Fsp3) is 0.538. The summed E-state index contributed by atoms with van der Waals surface area (Å²) >= 11 is 6.17. The van der Waals surface area contributed by atoms with Gasteiger partial charge >= 0.3 is 0 Å². The minimum atomic E-state index is -0.328. The number of nitriles is 1. The Hall–Kier alpha value is -2.85. The van der Waals surface area contributed by atoms with Gasteiger partial charge < -0.3 is 15.0 Å². The number of carbonyl (C=O) groups excluding carboxylic acids is 1. The Morgan fingerprint density at radius 2 is 1.94 bits per heavy atom. The van der Waals surface area contributed by atoms with Crippen LogP contribution in [0, 0.1) is 28.1 Å². The predicted octanol–water partition coefficient (Wildman–Crippen LogP) is 4.85. The molecule has 8 heteroatoms. The molecule has 1 amide bonds. The molecule has 1 aliphatic heterocycles. The molecule has 0 spiro atoms. The summed E-state index contributed by atoms with van der Waals surface area (Å²) in [5, 5.41) is 12.6. The Bertz CT molecular complexity index is 1090. The van der Waals surface area contributed by atoms with E-state index in [0.29, 0.717) is 33.8 Å². The van der Waals surface area contributed by atoms with Crippen molar-refractivity contribution in [2.24, 2.45) is 16.7 Å². The van der Waals surface area contributed by atoms with Crippen LogP contribution in [0.1, 0.15) is 63.4 Å². The predicted molar refractivity (Wildman–Crippen MR) is 132 cm³/mol. The Balaban J connectivity index is 1.42. The molecule has 1 N–H and O–H groups in total. The summed E-state index contributed by atoms with van der Waals surface area (Å²) in [5.41, 5.74) is 0.204. The average Bonchev–Trinajstić information content (AvgIpc) is 3.30. The van der Waals surface area contributed by atoms with E-state index in [4.69, 9.17) is 21.6 Å². The number of halogens is 1. The summed E-state index contributed by atoms with van der Waals surface area (Å²) in [6.07, 6.45) is 5.39. The van der Waals surface area contributed by atoms with E-state index in [0.717, 1.165) is 25.9 Å². The van der Waals surface area contributed by atoms with E-state index in [2.05, 4.69) is 60.9 Å². The number of nitrogens with one attached hydrogen (secondary N) is 1. The third-order valence-electron chi connectivity index (χ3n) is 7.48. The fourth-order valence-electron chi connectivity index (χ4n) is 5.76. The van der Waals surface area contributed by atoms with Crippen LogP contribution in [0.4, 0.5) is 5.95 Å². The van der Waals surface area contributed by atoms with Gasteiger partial charge in [-0.15, -0.1) is 0 Å². The van der Waals surface area contributed by atoms with Crippen LogP contribution in [0.2, 0.25) is 5.02 Å². The molecule has 1 aromatic heterocycles. The van der Waals surface area contributed by atoms with Crippen molar-refractivity contribution in [2.45, 2.75) is 59.6 Å². The Morgan fingerprint density at radius 3 is 2.50 bits per heavy atom. The Morgan fingerprint density at radius 1 is 1.26 bits per heavy atom. The molecule has 1 saturated carbocycles. The van der Waals surface area contributed by atoms with Crippen LogP contribution in [0.3, 0.4) is 0 Å². The number of amides is 1. The molecule has 1 saturated heterocycles.